The van der Waals surface area contributed by atoms with Crippen LogP contribution in [0.15, 0.2) is 48.5 Å². The second-order valence-corrected chi connectivity index (χ2v) is 14.4. The third-order valence-corrected chi connectivity index (χ3v) is 9.02. The zero-order valence-corrected chi connectivity index (χ0v) is 31.2. The Morgan fingerprint density at radius 3 is 1.76 bits per heavy atom. The summed E-state index contributed by atoms with van der Waals surface area (Å²) in [6.45, 7) is 10.4. The summed E-state index contributed by atoms with van der Waals surface area (Å²) in [4.78, 5) is 55.4. The minimum Gasteiger partial charge on any atom is -0.508 e. The summed E-state index contributed by atoms with van der Waals surface area (Å²) in [7, 11) is 1.59. The van der Waals surface area contributed by atoms with Crippen LogP contribution in [0, 0.1) is 11.8 Å². The Bertz CT molecular complexity index is 1370. The van der Waals surface area contributed by atoms with Crippen molar-refractivity contribution < 1.29 is 34.5 Å². The molecule has 3 amide bonds. The molecule has 0 spiro atoms. The lowest BCUT2D eigenvalue weighted by Crippen LogP contribution is -2.59. The number of carbonyl (C=O) groups is 4. The molecule has 0 aliphatic rings. The summed E-state index contributed by atoms with van der Waals surface area (Å²) >= 11 is 0. The Morgan fingerprint density at radius 2 is 1.27 bits per heavy atom. The quantitative estimate of drug-likeness (QED) is 0.0831. The molecule has 0 radical (unpaired) electrons. The van der Waals surface area contributed by atoms with Crippen molar-refractivity contribution in [3.05, 3.63) is 59.7 Å². The fourth-order valence-electron chi connectivity index (χ4n) is 5.94. The molecule has 12 heteroatoms. The molecule has 0 bridgehead atoms. The maximum absolute atomic E-state index is 14.1. The fraction of sp³-hybridized carbons (Fsp3) is 0.590. The number of hydrogen-bond donors (Lipinski definition) is 7. The van der Waals surface area contributed by atoms with Crippen LogP contribution in [-0.4, -0.2) is 87.7 Å². The topological polar surface area (TPSA) is 194 Å². The molecule has 5 atom stereocenters. The lowest BCUT2D eigenvalue weighted by molar-refractivity contribution is -0.144. The van der Waals surface area contributed by atoms with Crippen molar-refractivity contribution in [3.63, 3.8) is 0 Å². The van der Waals surface area contributed by atoms with Crippen LogP contribution in [0.3, 0.4) is 0 Å². The molecule has 0 saturated heterocycles. The van der Waals surface area contributed by atoms with Gasteiger partial charge in [0, 0.05) is 32.5 Å². The number of likely N-dealkylation sites (N-methyl/N-ethyl adjacent to an activating group) is 1. The average Bonchev–Trinajstić information content (AvgIpc) is 3.07. The highest BCUT2D eigenvalue weighted by Crippen LogP contribution is 2.18. The first kappa shape index (κ1) is 43.0. The van der Waals surface area contributed by atoms with Gasteiger partial charge >= 0.3 is 5.97 Å². The highest BCUT2D eigenvalue weighted by atomic mass is 16.4. The van der Waals surface area contributed by atoms with Gasteiger partial charge in [-0.25, -0.2) is 4.79 Å². The van der Waals surface area contributed by atoms with Crippen LogP contribution in [0.4, 0.5) is 0 Å². The standard InChI is InChI=1S/C39H61N5O7/c1-7-8-9-10-11-12-29(40)24-41-35(26(4)5)38(49)44(6)34(21-25(2)3)37(48)42-32(22-27-13-17-30(45)18-14-27)36(47)43-33(39(50)51)23-28-15-19-31(46)20-16-28/h13-20,25-26,29,32-35,41,45-46H,7-12,21-24,40H2,1-6H3,(H,42,48)(H,43,47)(H,50,51). The summed E-state index contributed by atoms with van der Waals surface area (Å²) < 4.78 is 0. The summed E-state index contributed by atoms with van der Waals surface area (Å²) in [5.74, 6) is -2.80. The highest BCUT2D eigenvalue weighted by molar-refractivity contribution is 5.94. The molecule has 284 valence electrons. The number of rotatable bonds is 23. The van der Waals surface area contributed by atoms with Crippen molar-refractivity contribution in [2.45, 2.75) is 123 Å². The van der Waals surface area contributed by atoms with E-state index >= 15 is 0 Å². The van der Waals surface area contributed by atoms with Crippen LogP contribution in [0.5, 0.6) is 11.5 Å². The molecule has 12 nitrogen and oxygen atoms in total. The van der Waals surface area contributed by atoms with Crippen LogP contribution in [0.1, 0.15) is 90.7 Å². The third-order valence-electron chi connectivity index (χ3n) is 9.02. The molecule has 2 aromatic carbocycles. The molecule has 0 heterocycles. The van der Waals surface area contributed by atoms with E-state index < -0.39 is 42.0 Å². The predicted octanol–water partition coefficient (Wildman–Crippen LogP) is 4.11. The second-order valence-electron chi connectivity index (χ2n) is 14.4. The lowest BCUT2D eigenvalue weighted by Gasteiger charge is -2.34. The number of aromatic hydroxyl groups is 2. The molecule has 2 aromatic rings. The van der Waals surface area contributed by atoms with Gasteiger partial charge in [-0.2, -0.15) is 0 Å². The molecule has 51 heavy (non-hydrogen) atoms. The van der Waals surface area contributed by atoms with E-state index in [1.54, 1.807) is 31.3 Å². The number of hydrogen-bond acceptors (Lipinski definition) is 8. The van der Waals surface area contributed by atoms with Crippen LogP contribution >= 0.6 is 0 Å². The molecule has 0 aliphatic heterocycles. The van der Waals surface area contributed by atoms with E-state index in [1.807, 2.05) is 27.7 Å². The van der Waals surface area contributed by atoms with Crippen molar-refractivity contribution in [3.8, 4) is 11.5 Å². The Hall–Kier alpha value is -4.16. The molecular weight excluding hydrogens is 650 g/mol. The molecule has 0 aromatic heterocycles. The largest absolute Gasteiger partial charge is 0.508 e. The van der Waals surface area contributed by atoms with E-state index in [1.165, 1.54) is 48.4 Å². The normalized spacial score (nSPS) is 14.4. The summed E-state index contributed by atoms with van der Waals surface area (Å²) in [5, 5.41) is 38.1. The first-order chi connectivity index (χ1) is 24.1. The van der Waals surface area contributed by atoms with E-state index in [2.05, 4.69) is 22.9 Å². The molecule has 0 saturated carbocycles. The molecule has 8 N–H and O–H groups in total. The first-order valence-electron chi connectivity index (χ1n) is 18.3. The van der Waals surface area contributed by atoms with Gasteiger partial charge in [0.05, 0.1) is 6.04 Å². The number of carbonyl (C=O) groups excluding carboxylic acids is 3. The Morgan fingerprint density at radius 1 is 0.765 bits per heavy atom. The van der Waals surface area contributed by atoms with Crippen LogP contribution in [0.2, 0.25) is 0 Å². The van der Waals surface area contributed by atoms with Crippen molar-refractivity contribution in [2.75, 3.05) is 13.6 Å². The molecular formula is C39H61N5O7. The zero-order valence-electron chi connectivity index (χ0n) is 31.2. The third kappa shape index (κ3) is 15.3. The minimum atomic E-state index is -1.32. The summed E-state index contributed by atoms with van der Waals surface area (Å²) in [5.41, 5.74) is 7.59. The number of nitrogens with zero attached hydrogens (tertiary/aromatic N) is 1. The van der Waals surface area contributed by atoms with Gasteiger partial charge < -0.3 is 41.9 Å². The monoisotopic (exact) mass is 711 g/mol. The zero-order chi connectivity index (χ0) is 38.1. The second kappa shape index (κ2) is 21.9. The molecule has 5 unspecified atom stereocenters. The number of carboxylic acid groups (broad SMARTS) is 1. The van der Waals surface area contributed by atoms with E-state index in [-0.39, 0.29) is 48.1 Å². The van der Waals surface area contributed by atoms with Gasteiger partial charge in [-0.05, 0) is 60.1 Å². The number of carboxylic acids is 1. The van der Waals surface area contributed by atoms with Crippen LogP contribution in [-0.2, 0) is 32.0 Å². The smallest absolute Gasteiger partial charge is 0.326 e. The number of benzene rings is 2. The predicted molar refractivity (Wildman–Crippen MR) is 199 cm³/mol. The first-order valence-corrected chi connectivity index (χ1v) is 18.3. The van der Waals surface area contributed by atoms with Gasteiger partial charge in [-0.3, -0.25) is 14.4 Å². The molecule has 0 fully saturated rings. The maximum atomic E-state index is 14.1. The number of nitrogens with two attached hydrogens (primary N) is 1. The SMILES string of the molecule is CCCCCCCC(N)CNC(C(=O)N(C)C(CC(C)C)C(=O)NC(Cc1ccc(O)cc1)C(=O)NC(Cc1ccc(O)cc1)C(=O)O)C(C)C. The van der Waals surface area contributed by atoms with Crippen molar-refractivity contribution in [2.24, 2.45) is 17.6 Å². The van der Waals surface area contributed by atoms with Gasteiger partial charge in [0.1, 0.15) is 29.6 Å². The van der Waals surface area contributed by atoms with E-state index in [9.17, 15) is 34.5 Å². The van der Waals surface area contributed by atoms with E-state index in [4.69, 9.17) is 5.73 Å². The van der Waals surface area contributed by atoms with Crippen molar-refractivity contribution >= 4 is 23.7 Å². The Labute approximate surface area is 303 Å². The summed E-state index contributed by atoms with van der Waals surface area (Å²) in [6.07, 6.45) is 6.85. The van der Waals surface area contributed by atoms with E-state index in [0.717, 1.165) is 19.3 Å². The highest BCUT2D eigenvalue weighted by Gasteiger charge is 2.35. The number of nitrogens with one attached hydrogen (secondary N) is 3. The Balaban J connectivity index is 2.27. The van der Waals surface area contributed by atoms with Gasteiger partial charge in [-0.15, -0.1) is 0 Å². The summed E-state index contributed by atoms with van der Waals surface area (Å²) in [6, 6.07) is 8.01. The van der Waals surface area contributed by atoms with Gasteiger partial charge in [0.2, 0.25) is 17.7 Å². The molecule has 0 aliphatic carbocycles. The maximum Gasteiger partial charge on any atom is 0.326 e. The fourth-order valence-corrected chi connectivity index (χ4v) is 5.94. The number of unbranched alkanes of at least 4 members (excludes halogenated alkanes) is 4. The van der Waals surface area contributed by atoms with Crippen LogP contribution in [0.25, 0.3) is 0 Å². The lowest BCUT2D eigenvalue weighted by atomic mass is 9.97. The number of amides is 3. The van der Waals surface area contributed by atoms with E-state index in [0.29, 0.717) is 24.1 Å². The van der Waals surface area contributed by atoms with Crippen molar-refractivity contribution in [1.82, 2.24) is 20.9 Å². The molecule has 2 rings (SSSR count). The van der Waals surface area contributed by atoms with Gasteiger partial charge in [0.15, 0.2) is 0 Å². The number of aliphatic carboxylic acids is 1. The minimum absolute atomic E-state index is 0.00195. The van der Waals surface area contributed by atoms with Gasteiger partial charge in [0.25, 0.3) is 0 Å². The Kier molecular flexibility index (Phi) is 18.5. The van der Waals surface area contributed by atoms with Crippen LogP contribution < -0.4 is 21.7 Å². The average molecular weight is 712 g/mol. The van der Waals surface area contributed by atoms with Crippen molar-refractivity contribution in [1.29, 1.82) is 0 Å². The number of phenols is 2. The van der Waals surface area contributed by atoms with Gasteiger partial charge in [-0.1, -0.05) is 91.0 Å². The number of phenolic OH excluding ortho intramolecular Hbond substituents is 2.